The fourth-order valence-electron chi connectivity index (χ4n) is 3.49. The smallest absolute Gasteiger partial charge is 0.333 e. The van der Waals surface area contributed by atoms with Crippen molar-refractivity contribution in [2.45, 2.75) is 26.3 Å². The van der Waals surface area contributed by atoms with E-state index in [1.54, 1.807) is 16.2 Å². The highest BCUT2D eigenvalue weighted by Crippen LogP contribution is 2.18. The van der Waals surface area contributed by atoms with Crippen molar-refractivity contribution in [2.24, 2.45) is 7.05 Å². The monoisotopic (exact) mass is 397 g/mol. The quantitative estimate of drug-likeness (QED) is 0.531. The average Bonchev–Trinajstić information content (AvgIpc) is 2.99. The number of morpholine rings is 1. The van der Waals surface area contributed by atoms with Crippen LogP contribution in [-0.2, 0) is 16.5 Å². The van der Waals surface area contributed by atoms with Crippen LogP contribution in [0.15, 0.2) is 59.1 Å². The Morgan fingerprint density at radius 3 is 2.69 bits per heavy atom. The van der Waals surface area contributed by atoms with Gasteiger partial charge in [-0.05, 0) is 50.8 Å². The summed E-state index contributed by atoms with van der Waals surface area (Å²) in [5, 5.41) is 0. The van der Waals surface area contributed by atoms with Crippen molar-refractivity contribution in [3.63, 3.8) is 0 Å². The molecule has 1 aliphatic heterocycles. The summed E-state index contributed by atoms with van der Waals surface area (Å²) in [6.45, 7) is 6.97. The number of aryl methyl sites for hydroxylation is 1. The van der Waals surface area contributed by atoms with E-state index < -0.39 is 0 Å². The number of hydrogen-bond donors (Lipinski definition) is 0. The predicted molar refractivity (Wildman–Crippen MR) is 118 cm³/mol. The molecule has 1 aromatic heterocycles. The number of hydrogen-bond acceptors (Lipinski definition) is 4. The Bertz CT molecular complexity index is 981. The van der Waals surface area contributed by atoms with Gasteiger partial charge in [0.05, 0.1) is 30.3 Å². The SMILES string of the molecule is C\C=C(/C=C\C(=C/CC)OCC1COCCN1C)n1c(=O)n(C)c2ccccc21. The second kappa shape index (κ2) is 9.76. The minimum Gasteiger partial charge on any atom is -0.492 e. The van der Waals surface area contributed by atoms with Crippen LogP contribution >= 0.6 is 0 Å². The number of imidazole rings is 1. The minimum atomic E-state index is -0.0631. The van der Waals surface area contributed by atoms with Crippen LogP contribution in [0.2, 0.25) is 0 Å². The molecule has 0 amide bonds. The molecule has 1 saturated heterocycles. The van der Waals surface area contributed by atoms with Crippen LogP contribution in [-0.4, -0.2) is 53.5 Å². The molecular formula is C23H31N3O3. The molecule has 3 rings (SSSR count). The van der Waals surface area contributed by atoms with Gasteiger partial charge in [0, 0.05) is 19.3 Å². The molecule has 0 N–H and O–H groups in total. The number of nitrogens with zero attached hydrogens (tertiary/aromatic N) is 3. The van der Waals surface area contributed by atoms with E-state index >= 15 is 0 Å². The van der Waals surface area contributed by atoms with Gasteiger partial charge in [-0.25, -0.2) is 4.79 Å². The van der Waals surface area contributed by atoms with Crippen molar-refractivity contribution in [3.05, 3.63) is 64.8 Å². The predicted octanol–water partition coefficient (Wildman–Crippen LogP) is 3.40. The first kappa shape index (κ1) is 21.1. The zero-order valence-corrected chi connectivity index (χ0v) is 17.8. The van der Waals surface area contributed by atoms with Gasteiger partial charge in [-0.2, -0.15) is 0 Å². The molecule has 1 fully saturated rings. The van der Waals surface area contributed by atoms with Crippen molar-refractivity contribution in [2.75, 3.05) is 33.4 Å². The minimum absolute atomic E-state index is 0.0631. The van der Waals surface area contributed by atoms with E-state index in [9.17, 15) is 4.79 Å². The Hall–Kier alpha value is -2.57. The number of ether oxygens (including phenoxy) is 2. The van der Waals surface area contributed by atoms with E-state index in [2.05, 4.69) is 24.9 Å². The highest BCUT2D eigenvalue weighted by atomic mass is 16.5. The first-order chi connectivity index (χ1) is 14.1. The second-order valence-corrected chi connectivity index (χ2v) is 7.25. The summed E-state index contributed by atoms with van der Waals surface area (Å²) in [7, 11) is 3.90. The number of aromatic nitrogens is 2. The Morgan fingerprint density at radius 2 is 2.00 bits per heavy atom. The summed E-state index contributed by atoms with van der Waals surface area (Å²) in [5.74, 6) is 0.805. The van der Waals surface area contributed by atoms with E-state index in [4.69, 9.17) is 9.47 Å². The number of benzene rings is 1. The molecule has 0 spiro atoms. The van der Waals surface area contributed by atoms with Crippen molar-refractivity contribution in [3.8, 4) is 0 Å². The third kappa shape index (κ3) is 4.71. The van der Waals surface area contributed by atoms with Crippen LogP contribution in [0.25, 0.3) is 16.7 Å². The zero-order chi connectivity index (χ0) is 20.8. The maximum absolute atomic E-state index is 12.8. The maximum Gasteiger partial charge on any atom is 0.333 e. The lowest BCUT2D eigenvalue weighted by molar-refractivity contribution is -0.0198. The zero-order valence-electron chi connectivity index (χ0n) is 17.8. The highest BCUT2D eigenvalue weighted by molar-refractivity contribution is 5.81. The fourth-order valence-corrected chi connectivity index (χ4v) is 3.49. The fraction of sp³-hybridized carbons (Fsp3) is 0.435. The molecule has 6 heteroatoms. The van der Waals surface area contributed by atoms with E-state index in [1.807, 2.05) is 49.4 Å². The second-order valence-electron chi connectivity index (χ2n) is 7.25. The van der Waals surface area contributed by atoms with Gasteiger partial charge < -0.3 is 9.47 Å². The van der Waals surface area contributed by atoms with E-state index in [1.165, 1.54) is 0 Å². The molecule has 2 heterocycles. The molecule has 29 heavy (non-hydrogen) atoms. The summed E-state index contributed by atoms with van der Waals surface area (Å²) >= 11 is 0. The van der Waals surface area contributed by atoms with Crippen molar-refractivity contribution < 1.29 is 9.47 Å². The van der Waals surface area contributed by atoms with E-state index in [0.29, 0.717) is 13.2 Å². The normalized spacial score (nSPS) is 19.4. The van der Waals surface area contributed by atoms with Crippen LogP contribution in [0.3, 0.4) is 0 Å². The molecule has 0 bridgehead atoms. The lowest BCUT2D eigenvalue weighted by Gasteiger charge is -2.32. The van der Waals surface area contributed by atoms with Crippen molar-refractivity contribution in [1.82, 2.24) is 14.0 Å². The number of likely N-dealkylation sites (N-methyl/N-ethyl adjacent to an activating group) is 1. The molecule has 1 aromatic carbocycles. The maximum atomic E-state index is 12.8. The Kier molecular flexibility index (Phi) is 7.12. The molecular weight excluding hydrogens is 366 g/mol. The van der Waals surface area contributed by atoms with E-state index in [0.717, 1.165) is 42.1 Å². The van der Waals surface area contributed by atoms with Crippen LogP contribution in [0.4, 0.5) is 0 Å². The summed E-state index contributed by atoms with van der Waals surface area (Å²) in [6, 6.07) is 8.06. The first-order valence-electron chi connectivity index (χ1n) is 10.2. The molecule has 0 saturated carbocycles. The van der Waals surface area contributed by atoms with Gasteiger partial charge >= 0.3 is 5.69 Å². The summed E-state index contributed by atoms with van der Waals surface area (Å²) in [4.78, 5) is 15.1. The highest BCUT2D eigenvalue weighted by Gasteiger charge is 2.20. The third-order valence-corrected chi connectivity index (χ3v) is 5.30. The molecule has 1 atom stereocenters. The van der Waals surface area contributed by atoms with Crippen molar-refractivity contribution in [1.29, 1.82) is 0 Å². The average molecular weight is 398 g/mol. The van der Waals surface area contributed by atoms with Crippen LogP contribution < -0.4 is 5.69 Å². The molecule has 156 valence electrons. The van der Waals surface area contributed by atoms with Crippen LogP contribution in [0.1, 0.15) is 20.3 Å². The Balaban J connectivity index is 1.81. The number of fused-ring (bicyclic) bond motifs is 1. The Labute approximate surface area is 172 Å². The summed E-state index contributed by atoms with van der Waals surface area (Å²) in [6.07, 6.45) is 8.75. The van der Waals surface area contributed by atoms with Gasteiger partial charge in [-0.1, -0.05) is 25.1 Å². The lowest BCUT2D eigenvalue weighted by atomic mass is 10.2. The van der Waals surface area contributed by atoms with Crippen LogP contribution in [0.5, 0.6) is 0 Å². The lowest BCUT2D eigenvalue weighted by Crippen LogP contribution is -2.45. The first-order valence-corrected chi connectivity index (χ1v) is 10.2. The number of para-hydroxylation sites is 2. The largest absolute Gasteiger partial charge is 0.492 e. The number of allylic oxidation sites excluding steroid dienone is 5. The van der Waals surface area contributed by atoms with Gasteiger partial charge in [0.2, 0.25) is 0 Å². The standard InChI is InChI=1S/C23H31N3O3/c1-5-9-20(29-17-19-16-28-15-14-24(19)3)13-12-18(6-2)26-22-11-8-7-10-21(22)25(4)23(26)27/h6-13,19H,5,14-17H2,1-4H3/b13-12-,18-6+,20-9+. The summed E-state index contributed by atoms with van der Waals surface area (Å²) < 4.78 is 15.1. The molecule has 2 aromatic rings. The van der Waals surface area contributed by atoms with Gasteiger partial charge in [0.15, 0.2) is 0 Å². The van der Waals surface area contributed by atoms with Crippen molar-refractivity contribution >= 4 is 16.7 Å². The van der Waals surface area contributed by atoms with Gasteiger partial charge in [0.25, 0.3) is 0 Å². The topological polar surface area (TPSA) is 48.6 Å². The van der Waals surface area contributed by atoms with Gasteiger partial charge in [-0.3, -0.25) is 14.0 Å². The van der Waals surface area contributed by atoms with Gasteiger partial charge in [0.1, 0.15) is 12.4 Å². The molecule has 0 radical (unpaired) electrons. The van der Waals surface area contributed by atoms with Crippen LogP contribution in [0, 0.1) is 0 Å². The third-order valence-electron chi connectivity index (χ3n) is 5.30. The van der Waals surface area contributed by atoms with E-state index in [-0.39, 0.29) is 11.7 Å². The summed E-state index contributed by atoms with van der Waals surface area (Å²) in [5.41, 5.74) is 2.55. The molecule has 0 aliphatic carbocycles. The molecule has 1 unspecified atom stereocenters. The number of rotatable bonds is 7. The molecule has 6 nitrogen and oxygen atoms in total. The van der Waals surface area contributed by atoms with Gasteiger partial charge in [-0.15, -0.1) is 0 Å². The molecule has 1 aliphatic rings. The Morgan fingerprint density at radius 1 is 1.24 bits per heavy atom.